The number of nitrogens with zero attached hydrogens (tertiary/aromatic N) is 2. The third kappa shape index (κ3) is 8.65. The first-order valence-corrected chi connectivity index (χ1v) is 8.75. The van der Waals surface area contributed by atoms with Gasteiger partial charge in [-0.25, -0.2) is 0 Å². The Labute approximate surface area is 122 Å². The SMILES string of the molecule is C1CN2CCC1CC2.CC.CC.CN1CCCCC1. The minimum absolute atomic E-state index is 1.11. The number of likely N-dealkylation sites (tertiary alicyclic amines) is 1. The van der Waals surface area contributed by atoms with Gasteiger partial charge in [0.2, 0.25) is 0 Å². The molecular formula is C17H38N2. The highest BCUT2D eigenvalue weighted by molar-refractivity contribution is 4.78. The summed E-state index contributed by atoms with van der Waals surface area (Å²) in [5.74, 6) is 1.11. The Morgan fingerprint density at radius 2 is 1.05 bits per heavy atom. The van der Waals surface area contributed by atoms with Crippen LogP contribution in [-0.4, -0.2) is 49.6 Å². The maximum absolute atomic E-state index is 2.58. The van der Waals surface area contributed by atoms with E-state index in [1.807, 2.05) is 27.7 Å². The third-order valence-corrected chi connectivity index (χ3v) is 4.14. The Balaban J connectivity index is 0.000000273. The summed E-state index contributed by atoms with van der Waals surface area (Å²) >= 11 is 0. The summed E-state index contributed by atoms with van der Waals surface area (Å²) in [6.07, 6.45) is 8.73. The van der Waals surface area contributed by atoms with Crippen molar-refractivity contribution >= 4 is 0 Å². The molecule has 0 amide bonds. The Morgan fingerprint density at radius 3 is 1.21 bits per heavy atom. The van der Waals surface area contributed by atoms with Crippen LogP contribution in [-0.2, 0) is 0 Å². The van der Waals surface area contributed by atoms with Crippen molar-refractivity contribution in [1.82, 2.24) is 9.80 Å². The van der Waals surface area contributed by atoms with Crippen molar-refractivity contribution in [3.8, 4) is 0 Å². The van der Waals surface area contributed by atoms with Crippen LogP contribution in [0.4, 0.5) is 0 Å². The quantitative estimate of drug-likeness (QED) is 0.649. The summed E-state index contributed by atoms with van der Waals surface area (Å²) in [5.41, 5.74) is 0. The van der Waals surface area contributed by atoms with Gasteiger partial charge in [0.25, 0.3) is 0 Å². The molecule has 0 aromatic heterocycles. The lowest BCUT2D eigenvalue weighted by atomic mass is 9.89. The monoisotopic (exact) mass is 270 g/mol. The fourth-order valence-corrected chi connectivity index (χ4v) is 2.92. The van der Waals surface area contributed by atoms with Crippen molar-refractivity contribution in [2.45, 2.75) is 66.2 Å². The van der Waals surface area contributed by atoms with Crippen LogP contribution in [0.15, 0.2) is 0 Å². The molecule has 4 rings (SSSR count). The Bertz CT molecular complexity index is 145. The summed E-state index contributed by atoms with van der Waals surface area (Å²) < 4.78 is 0. The molecule has 0 aliphatic carbocycles. The Morgan fingerprint density at radius 1 is 0.632 bits per heavy atom. The van der Waals surface area contributed by atoms with E-state index in [2.05, 4.69) is 16.8 Å². The van der Waals surface area contributed by atoms with Crippen LogP contribution >= 0.6 is 0 Å². The standard InChI is InChI=1S/C7H13N.C6H13N.2C2H6/c1-4-8-5-2-7(1)3-6-8;1-7-5-3-2-4-6-7;2*1-2/h7H,1-6H2;2-6H2,1H3;2*1-2H3. The van der Waals surface area contributed by atoms with E-state index in [1.54, 1.807) is 0 Å². The van der Waals surface area contributed by atoms with Crippen molar-refractivity contribution in [3.05, 3.63) is 0 Å². The summed E-state index contributed by atoms with van der Waals surface area (Å²) in [4.78, 5) is 4.98. The molecule has 19 heavy (non-hydrogen) atoms. The van der Waals surface area contributed by atoms with Crippen LogP contribution in [0.5, 0.6) is 0 Å². The number of fused-ring (bicyclic) bond motifs is 3. The molecule has 0 unspecified atom stereocenters. The molecule has 0 spiro atoms. The maximum Gasteiger partial charge on any atom is -0.00161 e. The lowest BCUT2D eigenvalue weighted by Gasteiger charge is -2.38. The van der Waals surface area contributed by atoms with Gasteiger partial charge in [0, 0.05) is 0 Å². The fraction of sp³-hybridized carbons (Fsp3) is 1.00. The van der Waals surface area contributed by atoms with Crippen LogP contribution < -0.4 is 0 Å². The highest BCUT2D eigenvalue weighted by Gasteiger charge is 2.24. The molecular weight excluding hydrogens is 232 g/mol. The highest BCUT2D eigenvalue weighted by Crippen LogP contribution is 2.26. The van der Waals surface area contributed by atoms with Gasteiger partial charge in [0.05, 0.1) is 0 Å². The molecule has 4 aliphatic heterocycles. The first kappa shape index (κ1) is 18.9. The molecule has 0 saturated carbocycles. The van der Waals surface area contributed by atoms with Gasteiger partial charge in [-0.05, 0) is 77.8 Å². The molecule has 4 heterocycles. The lowest BCUT2D eigenvalue weighted by molar-refractivity contribution is 0.111. The van der Waals surface area contributed by atoms with Gasteiger partial charge in [-0.15, -0.1) is 0 Å². The number of rotatable bonds is 0. The zero-order chi connectivity index (χ0) is 14.5. The van der Waals surface area contributed by atoms with Crippen molar-refractivity contribution < 1.29 is 0 Å². The van der Waals surface area contributed by atoms with E-state index in [9.17, 15) is 0 Å². The largest absolute Gasteiger partial charge is 0.306 e. The maximum atomic E-state index is 2.58. The molecule has 2 heteroatoms. The molecule has 0 N–H and O–H groups in total. The Kier molecular flexibility index (Phi) is 12.9. The summed E-state index contributed by atoms with van der Waals surface area (Å²) in [6, 6.07) is 0. The van der Waals surface area contributed by atoms with Crippen molar-refractivity contribution in [2.24, 2.45) is 5.92 Å². The molecule has 2 bridgehead atoms. The minimum Gasteiger partial charge on any atom is -0.306 e. The van der Waals surface area contributed by atoms with Gasteiger partial charge in [-0.1, -0.05) is 34.1 Å². The molecule has 116 valence electrons. The van der Waals surface area contributed by atoms with Crippen LogP contribution in [0, 0.1) is 5.92 Å². The molecule has 0 aromatic carbocycles. The van der Waals surface area contributed by atoms with Crippen LogP contribution in [0.2, 0.25) is 0 Å². The molecule has 0 radical (unpaired) electrons. The molecule has 4 fully saturated rings. The number of piperidine rings is 4. The minimum atomic E-state index is 1.11. The second-order valence-corrected chi connectivity index (χ2v) is 5.44. The van der Waals surface area contributed by atoms with Gasteiger partial charge in [0.15, 0.2) is 0 Å². The van der Waals surface area contributed by atoms with E-state index in [0.717, 1.165) is 5.92 Å². The van der Waals surface area contributed by atoms with Gasteiger partial charge in [0.1, 0.15) is 0 Å². The van der Waals surface area contributed by atoms with E-state index in [4.69, 9.17) is 0 Å². The Hall–Kier alpha value is -0.0800. The van der Waals surface area contributed by atoms with Gasteiger partial charge in [-0.2, -0.15) is 0 Å². The van der Waals surface area contributed by atoms with Gasteiger partial charge >= 0.3 is 0 Å². The summed E-state index contributed by atoms with van der Waals surface area (Å²) in [7, 11) is 2.19. The first-order valence-electron chi connectivity index (χ1n) is 8.75. The number of hydrogen-bond donors (Lipinski definition) is 0. The second-order valence-electron chi connectivity index (χ2n) is 5.44. The fourth-order valence-electron chi connectivity index (χ4n) is 2.92. The zero-order valence-corrected chi connectivity index (χ0v) is 14.2. The van der Waals surface area contributed by atoms with E-state index in [0.29, 0.717) is 0 Å². The summed E-state index contributed by atoms with van der Waals surface area (Å²) in [6.45, 7) is 14.8. The lowest BCUT2D eigenvalue weighted by Crippen LogP contribution is -2.41. The smallest absolute Gasteiger partial charge is 0.00161 e. The summed E-state index contributed by atoms with van der Waals surface area (Å²) in [5, 5.41) is 0. The van der Waals surface area contributed by atoms with Crippen molar-refractivity contribution in [3.63, 3.8) is 0 Å². The average molecular weight is 271 g/mol. The highest BCUT2D eigenvalue weighted by atomic mass is 15.1. The van der Waals surface area contributed by atoms with Crippen LogP contribution in [0.25, 0.3) is 0 Å². The zero-order valence-electron chi connectivity index (χ0n) is 14.2. The molecule has 4 aliphatic rings. The van der Waals surface area contributed by atoms with Crippen LogP contribution in [0.1, 0.15) is 66.2 Å². The second kappa shape index (κ2) is 12.9. The first-order chi connectivity index (χ1) is 9.34. The molecule has 4 saturated heterocycles. The van der Waals surface area contributed by atoms with E-state index < -0.39 is 0 Å². The van der Waals surface area contributed by atoms with Crippen molar-refractivity contribution in [1.29, 1.82) is 0 Å². The third-order valence-electron chi connectivity index (χ3n) is 4.14. The van der Waals surface area contributed by atoms with Gasteiger partial charge < -0.3 is 9.80 Å². The van der Waals surface area contributed by atoms with Gasteiger partial charge in [-0.3, -0.25) is 0 Å². The normalized spacial score (nSPS) is 28.9. The molecule has 0 aromatic rings. The number of hydrogen-bond acceptors (Lipinski definition) is 2. The van der Waals surface area contributed by atoms with E-state index in [-0.39, 0.29) is 0 Å². The van der Waals surface area contributed by atoms with Crippen LogP contribution in [0.3, 0.4) is 0 Å². The predicted molar refractivity (Wildman–Crippen MR) is 87.8 cm³/mol. The predicted octanol–water partition coefficient (Wildman–Crippen LogP) is 4.26. The average Bonchev–Trinajstić information content (AvgIpc) is 2.54. The molecule has 2 nitrogen and oxygen atoms in total. The van der Waals surface area contributed by atoms with E-state index in [1.165, 1.54) is 71.2 Å². The van der Waals surface area contributed by atoms with Crippen molar-refractivity contribution in [2.75, 3.05) is 39.8 Å². The van der Waals surface area contributed by atoms with E-state index >= 15 is 0 Å². The topological polar surface area (TPSA) is 6.48 Å². The molecule has 0 atom stereocenters.